The molecule has 1 unspecified atom stereocenters. The number of hydrogen-bond donors (Lipinski definition) is 1. The minimum atomic E-state index is -1.16. The summed E-state index contributed by atoms with van der Waals surface area (Å²) in [6.07, 6.45) is 0.811. The number of piperazine rings is 1. The topological polar surface area (TPSA) is 139 Å². The van der Waals surface area contributed by atoms with E-state index >= 15 is 0 Å². The van der Waals surface area contributed by atoms with Crippen LogP contribution in [-0.4, -0.2) is 69.7 Å². The largest absolute Gasteiger partial charge is 0.468 e. The Balaban J connectivity index is 1.82. The van der Waals surface area contributed by atoms with E-state index in [0.717, 1.165) is 17.5 Å². The van der Waals surface area contributed by atoms with Crippen LogP contribution in [0.1, 0.15) is 36.6 Å². The second kappa shape index (κ2) is 9.65. The average molecular weight is 504 g/mol. The molecule has 4 rings (SSSR count). The summed E-state index contributed by atoms with van der Waals surface area (Å²) in [5.74, 6) is -0.467. The van der Waals surface area contributed by atoms with E-state index < -0.39 is 22.4 Å². The van der Waals surface area contributed by atoms with Gasteiger partial charge < -0.3 is 19.6 Å². The lowest BCUT2D eigenvalue weighted by Gasteiger charge is -2.39. The van der Waals surface area contributed by atoms with Gasteiger partial charge >= 0.3 is 17.7 Å². The van der Waals surface area contributed by atoms with Crippen molar-refractivity contribution in [2.75, 3.05) is 31.6 Å². The summed E-state index contributed by atoms with van der Waals surface area (Å²) >= 11 is 6.26. The Hall–Kier alpha value is -3.47. The molecular formula is C23H26ClN5O6. The number of nitrogens with zero attached hydrogens (tertiary/aromatic N) is 5. The van der Waals surface area contributed by atoms with E-state index in [0.29, 0.717) is 12.8 Å². The number of carboxylic acid groups (broad SMARTS) is 1. The Morgan fingerprint density at radius 3 is 2.71 bits per heavy atom. The van der Waals surface area contributed by atoms with Gasteiger partial charge in [-0.3, -0.25) is 14.9 Å². The summed E-state index contributed by atoms with van der Waals surface area (Å²) in [5.41, 5.74) is 0.311. The lowest BCUT2D eigenvalue weighted by molar-refractivity contribution is -0.385. The first-order valence-electron chi connectivity index (χ1n) is 11.3. The second-order valence-corrected chi connectivity index (χ2v) is 9.24. The molecule has 12 heteroatoms. The molecule has 1 aromatic heterocycles. The molecule has 2 heterocycles. The van der Waals surface area contributed by atoms with E-state index in [1.165, 1.54) is 12.0 Å². The number of halogens is 1. The molecule has 2 aromatic rings. The summed E-state index contributed by atoms with van der Waals surface area (Å²) in [4.78, 5) is 47.7. The number of anilines is 1. The number of methoxy groups -OCH3 is 1. The number of nitro groups is 1. The van der Waals surface area contributed by atoms with Crippen LogP contribution in [0.3, 0.4) is 0 Å². The lowest BCUT2D eigenvalue weighted by Crippen LogP contribution is -2.54. The SMILES string of the molecule is COC(=O)C1(Cc2nc(Cl)nc(N3CCN(C(=O)O)C[C@@H]3C)c2[N+](=O)[O-])CCCc2ccccc21. The molecule has 1 N–H and O–H groups in total. The molecule has 1 aliphatic heterocycles. The third-order valence-electron chi connectivity index (χ3n) is 6.89. The molecule has 0 radical (unpaired) electrons. The maximum atomic E-state index is 13.2. The molecule has 1 amide bonds. The third-order valence-corrected chi connectivity index (χ3v) is 7.06. The van der Waals surface area contributed by atoms with E-state index in [2.05, 4.69) is 9.97 Å². The Labute approximate surface area is 206 Å². The van der Waals surface area contributed by atoms with E-state index in [4.69, 9.17) is 16.3 Å². The maximum absolute atomic E-state index is 13.2. The van der Waals surface area contributed by atoms with Gasteiger partial charge in [0.25, 0.3) is 0 Å². The Morgan fingerprint density at radius 1 is 1.31 bits per heavy atom. The minimum Gasteiger partial charge on any atom is -0.468 e. The van der Waals surface area contributed by atoms with Crippen LogP contribution in [0.4, 0.5) is 16.3 Å². The van der Waals surface area contributed by atoms with Crippen molar-refractivity contribution in [2.45, 2.75) is 44.1 Å². The monoisotopic (exact) mass is 503 g/mol. The Kier molecular flexibility index (Phi) is 6.79. The van der Waals surface area contributed by atoms with E-state index in [1.807, 2.05) is 24.3 Å². The molecule has 1 saturated heterocycles. The van der Waals surface area contributed by atoms with Gasteiger partial charge in [-0.15, -0.1) is 0 Å². The molecule has 0 bridgehead atoms. The zero-order valence-electron chi connectivity index (χ0n) is 19.4. The maximum Gasteiger partial charge on any atom is 0.407 e. The Bertz CT molecular complexity index is 1180. The summed E-state index contributed by atoms with van der Waals surface area (Å²) in [7, 11) is 1.30. The van der Waals surface area contributed by atoms with Crippen molar-refractivity contribution in [1.29, 1.82) is 0 Å². The standard InChI is InChI=1S/C23H26ClN5O6/c1-14-13-27(22(31)32)10-11-28(14)19-18(29(33)34)17(25-21(24)26-19)12-23(20(30)35-2)9-5-7-15-6-3-4-8-16(15)23/h3-4,6,8,14H,5,7,9-13H2,1-2H3,(H,31,32)/t14-,23?/m0/s1. The van der Waals surface area contributed by atoms with Crippen LogP contribution >= 0.6 is 11.6 Å². The van der Waals surface area contributed by atoms with Crippen molar-refractivity contribution in [3.8, 4) is 0 Å². The van der Waals surface area contributed by atoms with Crippen molar-refractivity contribution in [3.63, 3.8) is 0 Å². The van der Waals surface area contributed by atoms with Crippen molar-refractivity contribution in [3.05, 3.63) is 56.5 Å². The number of aromatic nitrogens is 2. The molecule has 11 nitrogen and oxygen atoms in total. The van der Waals surface area contributed by atoms with E-state index in [9.17, 15) is 24.8 Å². The summed E-state index contributed by atoms with van der Waals surface area (Å²) in [5, 5.41) is 21.5. The van der Waals surface area contributed by atoms with Gasteiger partial charge in [0.15, 0.2) is 0 Å². The highest BCUT2D eigenvalue weighted by atomic mass is 35.5. The van der Waals surface area contributed by atoms with Gasteiger partial charge in [-0.25, -0.2) is 9.78 Å². The number of esters is 1. The summed E-state index contributed by atoms with van der Waals surface area (Å²) < 4.78 is 5.19. The number of aryl methyl sites for hydroxylation is 1. The predicted molar refractivity (Wildman–Crippen MR) is 127 cm³/mol. The molecule has 35 heavy (non-hydrogen) atoms. The zero-order valence-corrected chi connectivity index (χ0v) is 20.2. The van der Waals surface area contributed by atoms with Gasteiger partial charge in [-0.1, -0.05) is 24.3 Å². The number of fused-ring (bicyclic) bond motifs is 1. The predicted octanol–water partition coefficient (Wildman–Crippen LogP) is 3.22. The van der Waals surface area contributed by atoms with Crippen molar-refractivity contribution < 1.29 is 24.4 Å². The fourth-order valence-corrected chi connectivity index (χ4v) is 5.47. The van der Waals surface area contributed by atoms with E-state index in [1.54, 1.807) is 11.8 Å². The molecule has 1 aromatic carbocycles. The highest BCUT2D eigenvalue weighted by Crippen LogP contribution is 2.43. The molecule has 2 atom stereocenters. The van der Waals surface area contributed by atoms with Crippen LogP contribution in [0.25, 0.3) is 0 Å². The van der Waals surface area contributed by atoms with Crippen molar-refractivity contribution in [1.82, 2.24) is 14.9 Å². The first-order chi connectivity index (χ1) is 16.7. The van der Waals surface area contributed by atoms with Crippen LogP contribution < -0.4 is 4.90 Å². The normalized spacial score (nSPS) is 21.9. The molecule has 1 aliphatic carbocycles. The van der Waals surface area contributed by atoms with Crippen LogP contribution in [0.15, 0.2) is 24.3 Å². The van der Waals surface area contributed by atoms with Gasteiger partial charge in [-0.2, -0.15) is 4.98 Å². The highest BCUT2D eigenvalue weighted by Gasteiger charge is 2.47. The number of carbonyl (C=O) groups excluding carboxylic acids is 1. The molecule has 2 aliphatic rings. The quantitative estimate of drug-likeness (QED) is 0.282. The molecule has 186 valence electrons. The summed E-state index contributed by atoms with van der Waals surface area (Å²) in [6.45, 7) is 2.28. The summed E-state index contributed by atoms with van der Waals surface area (Å²) in [6, 6.07) is 7.14. The Morgan fingerprint density at radius 2 is 2.06 bits per heavy atom. The fraction of sp³-hybridized carbons (Fsp3) is 0.478. The number of amides is 1. The number of benzene rings is 1. The van der Waals surface area contributed by atoms with Crippen LogP contribution in [-0.2, 0) is 27.8 Å². The number of carbonyl (C=O) groups is 2. The highest BCUT2D eigenvalue weighted by molar-refractivity contribution is 6.28. The smallest absolute Gasteiger partial charge is 0.407 e. The van der Waals surface area contributed by atoms with Crippen molar-refractivity contribution in [2.24, 2.45) is 0 Å². The van der Waals surface area contributed by atoms with Crippen molar-refractivity contribution >= 4 is 35.2 Å². The first-order valence-corrected chi connectivity index (χ1v) is 11.7. The molecule has 1 fully saturated rings. The first kappa shape index (κ1) is 24.6. The van der Waals surface area contributed by atoms with Gasteiger partial charge in [0.1, 0.15) is 5.69 Å². The fourth-order valence-electron chi connectivity index (χ4n) is 5.28. The van der Waals surface area contributed by atoms with E-state index in [-0.39, 0.29) is 54.6 Å². The van der Waals surface area contributed by atoms with Crippen LogP contribution in [0.5, 0.6) is 0 Å². The lowest BCUT2D eigenvalue weighted by atomic mass is 9.67. The van der Waals surface area contributed by atoms with Gasteiger partial charge in [0.2, 0.25) is 11.1 Å². The average Bonchev–Trinajstić information content (AvgIpc) is 2.82. The second-order valence-electron chi connectivity index (χ2n) is 8.90. The van der Waals surface area contributed by atoms with Gasteiger partial charge in [-0.05, 0) is 48.9 Å². The van der Waals surface area contributed by atoms with Crippen LogP contribution in [0, 0.1) is 10.1 Å². The minimum absolute atomic E-state index is 0.0200. The van der Waals surface area contributed by atoms with Crippen LogP contribution in [0.2, 0.25) is 5.28 Å². The molecule has 0 saturated carbocycles. The molecular weight excluding hydrogens is 478 g/mol. The van der Waals surface area contributed by atoms with Gasteiger partial charge in [0, 0.05) is 32.1 Å². The number of hydrogen-bond acceptors (Lipinski definition) is 8. The zero-order chi connectivity index (χ0) is 25.3. The third kappa shape index (κ3) is 4.47. The number of ether oxygens (including phenoxy) is 1. The molecule has 0 spiro atoms. The van der Waals surface area contributed by atoms with Gasteiger partial charge in [0.05, 0.1) is 17.4 Å². The number of rotatable bonds is 5.